The van der Waals surface area contributed by atoms with E-state index in [1.54, 1.807) is 0 Å². The van der Waals surface area contributed by atoms with Crippen molar-refractivity contribution in [1.82, 2.24) is 0 Å². The highest BCUT2D eigenvalue weighted by molar-refractivity contribution is 8.40. The molecular weight excluding hydrogens is 218 g/mol. The molecule has 0 bridgehead atoms. The fourth-order valence-electron chi connectivity index (χ4n) is 1.01. The highest BCUT2D eigenvalue weighted by Gasteiger charge is 2.18. The van der Waals surface area contributed by atoms with Crippen molar-refractivity contribution in [2.75, 3.05) is 0 Å². The molecule has 1 aromatic rings. The van der Waals surface area contributed by atoms with Crippen molar-refractivity contribution in [3.05, 3.63) is 35.4 Å². The Morgan fingerprint density at radius 3 is 2.38 bits per heavy atom. The minimum atomic E-state index is -0.991. The summed E-state index contributed by atoms with van der Waals surface area (Å²) in [5, 5.41) is 0. The Balaban J connectivity index is 2.92. The van der Waals surface area contributed by atoms with Gasteiger partial charge >= 0.3 is 5.52 Å². The van der Waals surface area contributed by atoms with Gasteiger partial charge in [-0.25, -0.2) is 4.79 Å². The number of rotatable bonds is 3. The van der Waals surface area contributed by atoms with Gasteiger partial charge < -0.3 is 0 Å². The highest BCUT2D eigenvalue weighted by Crippen LogP contribution is 2.35. The van der Waals surface area contributed by atoms with Gasteiger partial charge in [0.2, 0.25) is 0 Å². The van der Waals surface area contributed by atoms with Gasteiger partial charge in [-0.3, -0.25) is 0 Å². The van der Waals surface area contributed by atoms with Crippen LogP contribution in [0.1, 0.15) is 22.8 Å². The summed E-state index contributed by atoms with van der Waals surface area (Å²) in [5.41, 5.74) is 2.04. The fourth-order valence-corrected chi connectivity index (χ4v) is 2.18. The monoisotopic (exact) mass is 229 g/mol. The molecule has 0 radical (unpaired) electrons. The maximum Gasteiger partial charge on any atom is 0.368 e. The van der Waals surface area contributed by atoms with E-state index in [2.05, 4.69) is 15.9 Å². The largest absolute Gasteiger partial charge is 0.368 e. The van der Waals surface area contributed by atoms with Crippen molar-refractivity contribution >= 4 is 32.6 Å². The molecule has 0 spiro atoms. The molecule has 0 amide bonds. The first-order valence-corrected chi connectivity index (χ1v) is 7.97. The predicted molar refractivity (Wildman–Crippen MR) is 64.1 cm³/mol. The van der Waals surface area contributed by atoms with Crippen LogP contribution in [0.25, 0.3) is 0 Å². The van der Waals surface area contributed by atoms with E-state index >= 15 is 0 Å². The van der Waals surface area contributed by atoms with Crippen LogP contribution in [-0.4, -0.2) is 5.52 Å². The average molecular weight is 229 g/mol. The van der Waals surface area contributed by atoms with Gasteiger partial charge in [0.1, 0.15) is 8.93 Å². The van der Waals surface area contributed by atoms with E-state index in [4.69, 9.17) is 11.8 Å². The van der Waals surface area contributed by atoms with Crippen molar-refractivity contribution < 1.29 is 4.79 Å². The van der Waals surface area contributed by atoms with Crippen LogP contribution in [-0.2, 0) is 18.2 Å². The lowest BCUT2D eigenvalue weighted by molar-refractivity contribution is 0.108. The van der Waals surface area contributed by atoms with Crippen molar-refractivity contribution in [3.63, 3.8) is 0 Å². The van der Waals surface area contributed by atoms with Crippen LogP contribution in [0.4, 0.5) is 0 Å². The minimum Gasteiger partial charge on any atom is -0.237 e. The number of aryl methyl sites for hydroxylation is 1. The Hall–Kier alpha value is -0.160. The van der Waals surface area contributed by atoms with Gasteiger partial charge in [-0.15, -0.1) is 0 Å². The first-order chi connectivity index (χ1) is 6.15. The summed E-state index contributed by atoms with van der Waals surface area (Å²) < 4.78 is 0. The summed E-state index contributed by atoms with van der Waals surface area (Å²) in [5.74, 6) is 0. The van der Waals surface area contributed by atoms with Crippen molar-refractivity contribution in [2.45, 2.75) is 13.3 Å². The van der Waals surface area contributed by atoms with E-state index in [1.165, 1.54) is 5.56 Å². The molecule has 0 aromatic heterocycles. The molecule has 0 aliphatic carbocycles. The van der Waals surface area contributed by atoms with Crippen molar-refractivity contribution in [3.8, 4) is 0 Å². The fraction of sp³-hybridized carbons (Fsp3) is 0.222. The molecule has 0 saturated heterocycles. The van der Waals surface area contributed by atoms with E-state index < -0.39 is 6.39 Å². The van der Waals surface area contributed by atoms with Gasteiger partial charge in [-0.2, -0.15) is 0 Å². The first kappa shape index (κ1) is 10.9. The first-order valence-electron chi connectivity index (χ1n) is 4.00. The van der Waals surface area contributed by atoms with Crippen LogP contribution in [0.2, 0.25) is 0 Å². The number of carbonyl (C=O) groups excluding carboxylic acids is 1. The summed E-state index contributed by atoms with van der Waals surface area (Å²) in [4.78, 5) is 11.4. The van der Waals surface area contributed by atoms with E-state index in [9.17, 15) is 4.79 Å². The zero-order chi connectivity index (χ0) is 9.84. The standard InChI is InChI=1S/C9H11OP2S/c1-2-7-3-5-8(6-4-7)9(10)12(11)13/h3-6H,2,11H2,1H3/q+1. The lowest BCUT2D eigenvalue weighted by Crippen LogP contribution is -1.90. The molecule has 2 unspecified atom stereocenters. The van der Waals surface area contributed by atoms with Gasteiger partial charge in [0, 0.05) is 0 Å². The number of benzene rings is 1. The van der Waals surface area contributed by atoms with Gasteiger partial charge in [0.25, 0.3) is 6.39 Å². The lowest BCUT2D eigenvalue weighted by atomic mass is 10.1. The van der Waals surface area contributed by atoms with Crippen LogP contribution in [0.3, 0.4) is 0 Å². The zero-order valence-corrected chi connectivity index (χ0v) is 10.2. The summed E-state index contributed by atoms with van der Waals surface area (Å²) in [7, 11) is 2.40. The molecule has 0 aliphatic heterocycles. The van der Waals surface area contributed by atoms with Crippen LogP contribution in [0, 0.1) is 0 Å². The van der Waals surface area contributed by atoms with Gasteiger partial charge in [-0.1, -0.05) is 19.1 Å². The Labute approximate surface area is 86.4 Å². The smallest absolute Gasteiger partial charge is 0.237 e. The molecule has 4 heteroatoms. The molecule has 1 rings (SSSR count). The van der Waals surface area contributed by atoms with E-state index in [1.807, 2.05) is 24.3 Å². The Bertz CT molecular complexity index is 332. The molecule has 0 N–H and O–H groups in total. The molecule has 68 valence electrons. The quantitative estimate of drug-likeness (QED) is 0.741. The number of hydrogen-bond acceptors (Lipinski definition) is 2. The second kappa shape index (κ2) is 4.91. The molecular formula is C9H11OP2S+. The number of carbonyl (C=O) groups is 1. The van der Waals surface area contributed by atoms with E-state index in [0.717, 1.165) is 12.0 Å². The molecule has 0 aliphatic rings. The maximum absolute atomic E-state index is 11.4. The van der Waals surface area contributed by atoms with Gasteiger partial charge in [0.05, 0.1) is 5.56 Å². The van der Waals surface area contributed by atoms with E-state index in [-0.39, 0.29) is 5.52 Å². The Morgan fingerprint density at radius 1 is 1.46 bits per heavy atom. The average Bonchev–Trinajstić information content (AvgIpc) is 2.17. The minimum absolute atomic E-state index is 0.0673. The van der Waals surface area contributed by atoms with Crippen molar-refractivity contribution in [2.24, 2.45) is 0 Å². The third-order valence-corrected chi connectivity index (χ3v) is 3.67. The third-order valence-electron chi connectivity index (χ3n) is 1.81. The van der Waals surface area contributed by atoms with E-state index in [0.29, 0.717) is 0 Å². The Kier molecular flexibility index (Phi) is 4.12. The summed E-state index contributed by atoms with van der Waals surface area (Å²) >= 11 is 4.92. The van der Waals surface area contributed by atoms with Crippen LogP contribution >= 0.6 is 15.3 Å². The van der Waals surface area contributed by atoms with Gasteiger partial charge in [-0.05, 0) is 24.1 Å². The normalized spacial score (nSPS) is 11.1. The molecule has 0 heterocycles. The molecule has 0 fully saturated rings. The zero-order valence-electron chi connectivity index (χ0n) is 7.36. The molecule has 1 aromatic carbocycles. The van der Waals surface area contributed by atoms with Crippen LogP contribution < -0.4 is 0 Å². The molecule has 1 nitrogen and oxygen atoms in total. The topological polar surface area (TPSA) is 17.1 Å². The number of hydrogen-bond donors (Lipinski definition) is 0. The lowest BCUT2D eigenvalue weighted by Gasteiger charge is -1.95. The molecule has 2 atom stereocenters. The molecule has 13 heavy (non-hydrogen) atoms. The van der Waals surface area contributed by atoms with Crippen LogP contribution in [0.5, 0.6) is 0 Å². The summed E-state index contributed by atoms with van der Waals surface area (Å²) in [6, 6.07) is 7.66. The molecule has 0 saturated carbocycles. The SMILES string of the molecule is CCc1ccc(C(=O)[P+](P)=S)cc1. The second-order valence-corrected chi connectivity index (χ2v) is 7.59. The van der Waals surface area contributed by atoms with Crippen molar-refractivity contribution in [1.29, 1.82) is 0 Å². The third kappa shape index (κ3) is 2.91. The predicted octanol–water partition coefficient (Wildman–Crippen LogP) is 3.12. The maximum atomic E-state index is 11.4. The summed E-state index contributed by atoms with van der Waals surface area (Å²) in [6.45, 7) is 2.09. The van der Waals surface area contributed by atoms with Crippen LogP contribution in [0.15, 0.2) is 24.3 Å². The van der Waals surface area contributed by atoms with Gasteiger partial charge in [0.15, 0.2) is 11.8 Å². The second-order valence-electron chi connectivity index (χ2n) is 2.68. The summed E-state index contributed by atoms with van der Waals surface area (Å²) in [6.07, 6.45) is 0.00725. The highest BCUT2D eigenvalue weighted by atomic mass is 32.6. The Morgan fingerprint density at radius 2 is 2.00 bits per heavy atom.